The van der Waals surface area contributed by atoms with Gasteiger partial charge in [-0.1, -0.05) is 35.6 Å². The first-order chi connectivity index (χ1) is 13.6. The first-order valence-electron chi connectivity index (χ1n) is 9.45. The van der Waals surface area contributed by atoms with E-state index in [9.17, 15) is 4.79 Å². The molecule has 1 aromatic heterocycles. The summed E-state index contributed by atoms with van der Waals surface area (Å²) in [4.78, 5) is 19.9. The number of carbonyl (C=O) groups excluding carboxylic acids is 1. The van der Waals surface area contributed by atoms with Crippen LogP contribution >= 0.6 is 11.3 Å². The van der Waals surface area contributed by atoms with Gasteiger partial charge in [0.1, 0.15) is 5.75 Å². The maximum Gasteiger partial charge on any atom is 0.314 e. The van der Waals surface area contributed by atoms with Crippen LogP contribution in [0.4, 0.5) is 4.79 Å². The summed E-state index contributed by atoms with van der Waals surface area (Å²) in [5, 5.41) is 0.662. The summed E-state index contributed by atoms with van der Waals surface area (Å²) >= 11 is 1.55. The molecule has 1 saturated heterocycles. The van der Waals surface area contributed by atoms with Crippen molar-refractivity contribution in [1.29, 1.82) is 0 Å². The van der Waals surface area contributed by atoms with Crippen LogP contribution < -0.4 is 10.5 Å². The standard InChI is InChI=1S/C21H24N4O2S/c1-24(20(22)26)16-10-12-25(13-11-16)14-15-6-8-17(9-7-15)27-21-23-18-4-2-3-5-19(18)28-21/h2-9,16H,10-14H2,1H3,(H2,22,26). The molecular formula is C21H24N4O2S. The smallest absolute Gasteiger partial charge is 0.314 e. The van der Waals surface area contributed by atoms with Crippen LogP contribution in [0, 0.1) is 0 Å². The Balaban J connectivity index is 1.32. The molecule has 4 rings (SSSR count). The van der Waals surface area contributed by atoms with Crippen molar-refractivity contribution in [2.45, 2.75) is 25.4 Å². The minimum absolute atomic E-state index is 0.248. The fourth-order valence-electron chi connectivity index (χ4n) is 3.56. The van der Waals surface area contributed by atoms with E-state index >= 15 is 0 Å². The number of piperidine rings is 1. The minimum Gasteiger partial charge on any atom is -0.431 e. The van der Waals surface area contributed by atoms with E-state index < -0.39 is 0 Å². The van der Waals surface area contributed by atoms with E-state index in [0.29, 0.717) is 5.19 Å². The molecule has 0 saturated carbocycles. The third-order valence-electron chi connectivity index (χ3n) is 5.26. The zero-order valence-electron chi connectivity index (χ0n) is 15.9. The molecule has 0 aliphatic carbocycles. The molecule has 0 unspecified atom stereocenters. The molecule has 1 aliphatic heterocycles. The van der Waals surface area contributed by atoms with E-state index in [1.807, 2.05) is 36.4 Å². The fraction of sp³-hybridized carbons (Fsp3) is 0.333. The number of hydrogen-bond donors (Lipinski definition) is 1. The van der Waals surface area contributed by atoms with Gasteiger partial charge in [0.25, 0.3) is 5.19 Å². The molecule has 146 valence electrons. The van der Waals surface area contributed by atoms with Gasteiger partial charge in [0.15, 0.2) is 0 Å². The summed E-state index contributed by atoms with van der Waals surface area (Å²) in [5.41, 5.74) is 7.59. The van der Waals surface area contributed by atoms with Crippen LogP contribution in [-0.4, -0.2) is 47.0 Å². The number of nitrogens with two attached hydrogens (primary N) is 1. The van der Waals surface area contributed by atoms with Gasteiger partial charge < -0.3 is 15.4 Å². The predicted molar refractivity (Wildman–Crippen MR) is 112 cm³/mol. The van der Waals surface area contributed by atoms with Gasteiger partial charge in [-0.2, -0.15) is 0 Å². The number of nitrogens with zero attached hydrogens (tertiary/aromatic N) is 3. The van der Waals surface area contributed by atoms with Crippen LogP contribution in [0.3, 0.4) is 0 Å². The maximum atomic E-state index is 11.3. The third kappa shape index (κ3) is 4.26. The molecule has 0 spiro atoms. The lowest BCUT2D eigenvalue weighted by molar-refractivity contribution is 0.135. The second kappa shape index (κ2) is 8.16. The van der Waals surface area contributed by atoms with Crippen LogP contribution in [0.25, 0.3) is 10.2 Å². The van der Waals surface area contributed by atoms with Crippen molar-refractivity contribution in [3.63, 3.8) is 0 Å². The monoisotopic (exact) mass is 396 g/mol. The number of primary amides is 1. The van der Waals surface area contributed by atoms with Crippen molar-refractivity contribution >= 4 is 27.6 Å². The third-order valence-corrected chi connectivity index (χ3v) is 6.18. The quantitative estimate of drug-likeness (QED) is 0.706. The van der Waals surface area contributed by atoms with Gasteiger partial charge in [-0.25, -0.2) is 9.78 Å². The molecule has 2 N–H and O–H groups in total. The number of amides is 2. The predicted octanol–water partition coefficient (Wildman–Crippen LogP) is 4.06. The van der Waals surface area contributed by atoms with Gasteiger partial charge in [0.05, 0.1) is 10.2 Å². The highest BCUT2D eigenvalue weighted by Gasteiger charge is 2.24. The lowest BCUT2D eigenvalue weighted by atomic mass is 10.0. The van der Waals surface area contributed by atoms with Crippen LogP contribution in [-0.2, 0) is 6.54 Å². The van der Waals surface area contributed by atoms with E-state index in [2.05, 4.69) is 22.0 Å². The Kier molecular flexibility index (Phi) is 5.45. The number of aromatic nitrogens is 1. The van der Waals surface area contributed by atoms with Crippen molar-refractivity contribution < 1.29 is 9.53 Å². The second-order valence-electron chi connectivity index (χ2n) is 7.15. The Morgan fingerprint density at radius 2 is 1.93 bits per heavy atom. The van der Waals surface area contributed by atoms with Crippen molar-refractivity contribution in [1.82, 2.24) is 14.8 Å². The Morgan fingerprint density at radius 3 is 2.61 bits per heavy atom. The molecular weight excluding hydrogens is 372 g/mol. The van der Waals surface area contributed by atoms with Gasteiger partial charge in [-0.3, -0.25) is 4.90 Å². The van der Waals surface area contributed by atoms with Crippen molar-refractivity contribution in [2.75, 3.05) is 20.1 Å². The SMILES string of the molecule is CN(C(N)=O)C1CCN(Cc2ccc(Oc3nc4ccccc4s3)cc2)CC1. The van der Waals surface area contributed by atoms with E-state index in [1.165, 1.54) is 5.56 Å². The molecule has 6 nitrogen and oxygen atoms in total. The highest BCUT2D eigenvalue weighted by molar-refractivity contribution is 7.20. The molecule has 2 heterocycles. The first kappa shape index (κ1) is 18.7. The number of hydrogen-bond acceptors (Lipinski definition) is 5. The molecule has 3 aromatic rings. The fourth-order valence-corrected chi connectivity index (χ4v) is 4.40. The van der Waals surface area contributed by atoms with Gasteiger partial charge in [0.2, 0.25) is 0 Å². The molecule has 28 heavy (non-hydrogen) atoms. The molecule has 2 aromatic carbocycles. The van der Waals surface area contributed by atoms with Gasteiger partial charge in [-0.15, -0.1) is 0 Å². The van der Waals surface area contributed by atoms with E-state index in [-0.39, 0.29) is 12.1 Å². The first-order valence-corrected chi connectivity index (χ1v) is 10.3. The average molecular weight is 397 g/mol. The lowest BCUT2D eigenvalue weighted by Gasteiger charge is -2.36. The van der Waals surface area contributed by atoms with Crippen LogP contribution in [0.15, 0.2) is 48.5 Å². The number of urea groups is 1. The number of para-hydroxylation sites is 1. The van der Waals surface area contributed by atoms with Gasteiger partial charge in [-0.05, 0) is 42.7 Å². The maximum absolute atomic E-state index is 11.3. The molecule has 0 radical (unpaired) electrons. The minimum atomic E-state index is -0.345. The highest BCUT2D eigenvalue weighted by Crippen LogP contribution is 2.31. The Morgan fingerprint density at radius 1 is 1.21 bits per heavy atom. The summed E-state index contributed by atoms with van der Waals surface area (Å²) in [5.74, 6) is 0.796. The summed E-state index contributed by atoms with van der Waals surface area (Å²) in [6.45, 7) is 2.83. The summed E-state index contributed by atoms with van der Waals surface area (Å²) in [7, 11) is 1.78. The summed E-state index contributed by atoms with van der Waals surface area (Å²) < 4.78 is 7.04. The van der Waals surface area contributed by atoms with Crippen LogP contribution in [0.5, 0.6) is 10.9 Å². The Bertz CT molecular complexity index is 915. The highest BCUT2D eigenvalue weighted by atomic mass is 32.1. The number of benzene rings is 2. The van der Waals surface area contributed by atoms with E-state index in [0.717, 1.165) is 48.4 Å². The summed E-state index contributed by atoms with van der Waals surface area (Å²) in [6.07, 6.45) is 1.91. The summed E-state index contributed by atoms with van der Waals surface area (Å²) in [6, 6.07) is 16.1. The largest absolute Gasteiger partial charge is 0.431 e. The number of rotatable bonds is 5. The number of carbonyl (C=O) groups is 1. The van der Waals surface area contributed by atoms with Crippen molar-refractivity contribution in [3.8, 4) is 10.9 Å². The Hall–Kier alpha value is -2.64. The zero-order chi connectivity index (χ0) is 19.5. The Labute approximate surface area is 168 Å². The van der Waals surface area contributed by atoms with E-state index in [4.69, 9.17) is 10.5 Å². The van der Waals surface area contributed by atoms with E-state index in [1.54, 1.807) is 23.3 Å². The molecule has 1 fully saturated rings. The number of fused-ring (bicyclic) bond motifs is 1. The molecule has 2 amide bonds. The molecule has 7 heteroatoms. The number of thiazole rings is 1. The van der Waals surface area contributed by atoms with Crippen molar-refractivity contribution in [2.24, 2.45) is 5.73 Å². The molecule has 1 aliphatic rings. The molecule has 0 atom stereocenters. The molecule has 0 bridgehead atoms. The van der Waals surface area contributed by atoms with Gasteiger partial charge >= 0.3 is 6.03 Å². The topological polar surface area (TPSA) is 71.7 Å². The lowest BCUT2D eigenvalue weighted by Crippen LogP contribution is -2.47. The van der Waals surface area contributed by atoms with Crippen molar-refractivity contribution in [3.05, 3.63) is 54.1 Å². The average Bonchev–Trinajstić information content (AvgIpc) is 3.12. The second-order valence-corrected chi connectivity index (χ2v) is 8.14. The van der Waals surface area contributed by atoms with Crippen LogP contribution in [0.2, 0.25) is 0 Å². The van der Waals surface area contributed by atoms with Gasteiger partial charge in [0, 0.05) is 32.7 Å². The van der Waals surface area contributed by atoms with Crippen LogP contribution in [0.1, 0.15) is 18.4 Å². The number of likely N-dealkylation sites (tertiary alicyclic amines) is 1. The normalized spacial score (nSPS) is 15.6. The zero-order valence-corrected chi connectivity index (χ0v) is 16.7. The number of ether oxygens (including phenoxy) is 1.